The zero-order valence-electron chi connectivity index (χ0n) is 15.8. The summed E-state index contributed by atoms with van der Waals surface area (Å²) in [6.07, 6.45) is 2.02. The summed E-state index contributed by atoms with van der Waals surface area (Å²) in [6, 6.07) is 16.1. The van der Waals surface area contributed by atoms with Crippen LogP contribution in [0.3, 0.4) is 0 Å². The van der Waals surface area contributed by atoms with Crippen molar-refractivity contribution >= 4 is 12.0 Å². The normalized spacial score (nSPS) is 15.6. The second kappa shape index (κ2) is 9.90. The van der Waals surface area contributed by atoms with Gasteiger partial charge in [0.15, 0.2) is 6.04 Å². The number of ether oxygens (including phenoxy) is 1. The number of benzene rings is 2. The summed E-state index contributed by atoms with van der Waals surface area (Å²) in [6.45, 7) is 1.18. The fourth-order valence-electron chi connectivity index (χ4n) is 3.38. The molecule has 6 heteroatoms. The number of fused-ring (bicyclic) bond motifs is 1. The highest BCUT2D eigenvalue weighted by molar-refractivity contribution is 5.85. The standard InChI is InChI=1S/C22H26N2O4/c25-15-7-6-13-23-22(27)24-14-12-18-10-4-5-11-19(18)20(24)21(26)28-16-17-8-2-1-3-9-17/h1-5,8-11,20,25H,6-7,12-16H2,(H,23,27)/t20-/m1/s1. The second-order valence-electron chi connectivity index (χ2n) is 6.80. The van der Waals surface area contributed by atoms with Crippen molar-refractivity contribution in [3.63, 3.8) is 0 Å². The topological polar surface area (TPSA) is 78.9 Å². The van der Waals surface area contributed by atoms with Crippen LogP contribution in [0.1, 0.15) is 35.6 Å². The monoisotopic (exact) mass is 382 g/mol. The van der Waals surface area contributed by atoms with Gasteiger partial charge in [-0.25, -0.2) is 9.59 Å². The van der Waals surface area contributed by atoms with Crippen LogP contribution in [0.15, 0.2) is 54.6 Å². The first-order valence-electron chi connectivity index (χ1n) is 9.64. The number of amides is 2. The first kappa shape index (κ1) is 19.9. The van der Waals surface area contributed by atoms with Gasteiger partial charge in [0, 0.05) is 19.7 Å². The van der Waals surface area contributed by atoms with Crippen LogP contribution in [0.5, 0.6) is 0 Å². The van der Waals surface area contributed by atoms with E-state index in [1.54, 1.807) is 4.90 Å². The molecule has 0 radical (unpaired) electrons. The Morgan fingerprint density at radius 2 is 1.82 bits per heavy atom. The molecule has 2 amide bonds. The Labute approximate surface area is 165 Å². The van der Waals surface area contributed by atoms with Crippen LogP contribution in [-0.4, -0.2) is 41.7 Å². The predicted octanol–water partition coefficient (Wildman–Crippen LogP) is 2.81. The first-order valence-corrected chi connectivity index (χ1v) is 9.64. The lowest BCUT2D eigenvalue weighted by Gasteiger charge is -2.35. The van der Waals surface area contributed by atoms with Gasteiger partial charge in [-0.3, -0.25) is 0 Å². The van der Waals surface area contributed by atoms with Crippen molar-refractivity contribution in [2.24, 2.45) is 0 Å². The molecule has 1 atom stereocenters. The summed E-state index contributed by atoms with van der Waals surface area (Å²) < 4.78 is 5.55. The third-order valence-electron chi connectivity index (χ3n) is 4.85. The molecule has 148 valence electrons. The van der Waals surface area contributed by atoms with Gasteiger partial charge in [0.05, 0.1) is 0 Å². The molecule has 1 aliphatic heterocycles. The molecule has 1 aliphatic rings. The minimum absolute atomic E-state index is 0.0986. The van der Waals surface area contributed by atoms with Crippen molar-refractivity contribution < 1.29 is 19.4 Å². The van der Waals surface area contributed by atoms with E-state index in [2.05, 4.69) is 5.32 Å². The van der Waals surface area contributed by atoms with Crippen LogP contribution >= 0.6 is 0 Å². The lowest BCUT2D eigenvalue weighted by Crippen LogP contribution is -2.48. The molecule has 0 saturated heterocycles. The number of nitrogens with zero attached hydrogens (tertiary/aromatic N) is 1. The van der Waals surface area contributed by atoms with Gasteiger partial charge in [-0.2, -0.15) is 0 Å². The number of carbonyl (C=O) groups is 2. The van der Waals surface area contributed by atoms with Crippen molar-refractivity contribution in [1.82, 2.24) is 10.2 Å². The van der Waals surface area contributed by atoms with E-state index in [4.69, 9.17) is 9.84 Å². The van der Waals surface area contributed by atoms with E-state index in [0.29, 0.717) is 32.4 Å². The lowest BCUT2D eigenvalue weighted by molar-refractivity contribution is -0.151. The quantitative estimate of drug-likeness (QED) is 0.570. The summed E-state index contributed by atoms with van der Waals surface area (Å²) in [5, 5.41) is 11.7. The van der Waals surface area contributed by atoms with Crippen LogP contribution in [0, 0.1) is 0 Å². The number of rotatable bonds is 7. The molecule has 0 unspecified atom stereocenters. The summed E-state index contributed by atoms with van der Waals surface area (Å²) in [5.74, 6) is -0.429. The third kappa shape index (κ3) is 4.89. The summed E-state index contributed by atoms with van der Waals surface area (Å²) in [4.78, 5) is 27.2. The smallest absolute Gasteiger partial charge is 0.333 e. The molecule has 0 aliphatic carbocycles. The van der Waals surface area contributed by atoms with Gasteiger partial charge in [0.2, 0.25) is 0 Å². The van der Waals surface area contributed by atoms with Crippen molar-refractivity contribution in [1.29, 1.82) is 0 Å². The number of urea groups is 1. The SMILES string of the molecule is O=C(OCc1ccccc1)[C@H]1c2ccccc2CCN1C(=O)NCCCCO. The van der Waals surface area contributed by atoms with E-state index >= 15 is 0 Å². The largest absolute Gasteiger partial charge is 0.459 e. The number of esters is 1. The highest BCUT2D eigenvalue weighted by Crippen LogP contribution is 2.31. The fourth-order valence-corrected chi connectivity index (χ4v) is 3.38. The van der Waals surface area contributed by atoms with Crippen LogP contribution < -0.4 is 5.32 Å². The lowest BCUT2D eigenvalue weighted by atomic mass is 9.93. The van der Waals surface area contributed by atoms with E-state index in [9.17, 15) is 9.59 Å². The average Bonchev–Trinajstić information content (AvgIpc) is 2.74. The number of aliphatic hydroxyl groups excluding tert-OH is 1. The molecule has 2 aromatic rings. The molecular formula is C22H26N2O4. The number of hydrogen-bond acceptors (Lipinski definition) is 4. The minimum Gasteiger partial charge on any atom is -0.459 e. The maximum absolute atomic E-state index is 12.9. The van der Waals surface area contributed by atoms with E-state index in [1.807, 2.05) is 54.6 Å². The Balaban J connectivity index is 1.73. The zero-order valence-corrected chi connectivity index (χ0v) is 15.8. The van der Waals surface area contributed by atoms with Gasteiger partial charge in [-0.1, -0.05) is 54.6 Å². The highest BCUT2D eigenvalue weighted by atomic mass is 16.5. The van der Waals surface area contributed by atoms with Gasteiger partial charge in [0.25, 0.3) is 0 Å². The predicted molar refractivity (Wildman–Crippen MR) is 106 cm³/mol. The van der Waals surface area contributed by atoms with Crippen molar-refractivity contribution in [2.45, 2.75) is 31.9 Å². The summed E-state index contributed by atoms with van der Waals surface area (Å²) in [5.41, 5.74) is 2.78. The molecule has 0 saturated carbocycles. The summed E-state index contributed by atoms with van der Waals surface area (Å²) >= 11 is 0. The van der Waals surface area contributed by atoms with Gasteiger partial charge >= 0.3 is 12.0 Å². The molecule has 0 fully saturated rings. The average molecular weight is 382 g/mol. The number of unbranched alkanes of at least 4 members (excludes halogenated alkanes) is 1. The third-order valence-corrected chi connectivity index (χ3v) is 4.85. The number of nitrogens with one attached hydrogen (secondary N) is 1. The molecule has 0 bridgehead atoms. The van der Waals surface area contributed by atoms with Gasteiger partial charge in [-0.05, 0) is 36.0 Å². The van der Waals surface area contributed by atoms with Crippen molar-refractivity contribution in [3.05, 3.63) is 71.3 Å². The molecular weight excluding hydrogens is 356 g/mol. The molecule has 0 aromatic heterocycles. The first-order chi connectivity index (χ1) is 13.7. The molecule has 28 heavy (non-hydrogen) atoms. The molecule has 0 spiro atoms. The Morgan fingerprint density at radius 1 is 1.07 bits per heavy atom. The van der Waals surface area contributed by atoms with Gasteiger partial charge in [0.1, 0.15) is 6.61 Å². The van der Waals surface area contributed by atoms with Gasteiger partial charge in [-0.15, -0.1) is 0 Å². The van der Waals surface area contributed by atoms with E-state index in [0.717, 1.165) is 16.7 Å². The Bertz CT molecular complexity index is 794. The zero-order chi connectivity index (χ0) is 19.8. The van der Waals surface area contributed by atoms with Crippen LogP contribution in [0.4, 0.5) is 4.79 Å². The van der Waals surface area contributed by atoms with Crippen LogP contribution in [0.2, 0.25) is 0 Å². The van der Waals surface area contributed by atoms with Gasteiger partial charge < -0.3 is 20.1 Å². The molecule has 1 heterocycles. The number of carbonyl (C=O) groups excluding carboxylic acids is 2. The second-order valence-corrected chi connectivity index (χ2v) is 6.80. The molecule has 6 nitrogen and oxygen atoms in total. The molecule has 2 N–H and O–H groups in total. The van der Waals surface area contributed by atoms with E-state index in [1.165, 1.54) is 0 Å². The summed E-state index contributed by atoms with van der Waals surface area (Å²) in [7, 11) is 0. The van der Waals surface area contributed by atoms with Crippen LogP contribution in [0.25, 0.3) is 0 Å². The van der Waals surface area contributed by atoms with Crippen molar-refractivity contribution in [2.75, 3.05) is 19.7 Å². The Hall–Kier alpha value is -2.86. The number of aliphatic hydroxyl groups is 1. The Kier molecular flexibility index (Phi) is 7.03. The number of hydrogen-bond donors (Lipinski definition) is 2. The minimum atomic E-state index is -0.758. The molecule has 2 aromatic carbocycles. The highest BCUT2D eigenvalue weighted by Gasteiger charge is 2.36. The van der Waals surface area contributed by atoms with E-state index < -0.39 is 12.0 Å². The van der Waals surface area contributed by atoms with Crippen LogP contribution in [-0.2, 0) is 22.6 Å². The molecule has 3 rings (SSSR count). The maximum Gasteiger partial charge on any atom is 0.333 e. The Morgan fingerprint density at radius 3 is 2.61 bits per heavy atom. The fraction of sp³-hybridized carbons (Fsp3) is 0.364. The van der Waals surface area contributed by atoms with E-state index in [-0.39, 0.29) is 19.2 Å². The van der Waals surface area contributed by atoms with Crippen molar-refractivity contribution in [3.8, 4) is 0 Å². The maximum atomic E-state index is 12.9.